The van der Waals surface area contributed by atoms with Crippen LogP contribution in [0.3, 0.4) is 0 Å². The van der Waals surface area contributed by atoms with E-state index in [0.717, 1.165) is 51.0 Å². The summed E-state index contributed by atoms with van der Waals surface area (Å²) in [7, 11) is 0. The van der Waals surface area contributed by atoms with Crippen molar-refractivity contribution >= 4 is 11.1 Å². The molecular formula is C20H31N3O2. The number of benzene rings is 1. The third kappa shape index (κ3) is 4.95. The van der Waals surface area contributed by atoms with Crippen LogP contribution in [0.2, 0.25) is 0 Å². The molecule has 1 aromatic carbocycles. The van der Waals surface area contributed by atoms with Crippen LogP contribution in [0.25, 0.3) is 11.1 Å². The predicted octanol–water partition coefficient (Wildman–Crippen LogP) is 3.08. The van der Waals surface area contributed by atoms with E-state index in [2.05, 4.69) is 28.2 Å². The zero-order valence-corrected chi connectivity index (χ0v) is 15.4. The number of nitrogens with zero attached hydrogens (tertiary/aromatic N) is 1. The Hall–Kier alpha value is -1.59. The van der Waals surface area contributed by atoms with Crippen molar-refractivity contribution in [2.24, 2.45) is 0 Å². The van der Waals surface area contributed by atoms with Crippen molar-refractivity contribution in [2.45, 2.75) is 51.9 Å². The van der Waals surface area contributed by atoms with Gasteiger partial charge >= 0.3 is 5.76 Å². The Labute approximate surface area is 149 Å². The van der Waals surface area contributed by atoms with Gasteiger partial charge in [-0.15, -0.1) is 0 Å². The molecule has 0 radical (unpaired) electrons. The van der Waals surface area contributed by atoms with Gasteiger partial charge in [0.1, 0.15) is 0 Å². The van der Waals surface area contributed by atoms with Gasteiger partial charge in [-0.25, -0.2) is 4.79 Å². The van der Waals surface area contributed by atoms with E-state index in [0.29, 0.717) is 5.58 Å². The molecule has 0 bridgehead atoms. The standard InChI is InChI=1S/C20H31N3O2/c1-2-3-4-7-16-9-10-18-19(22-20(24)25-18)17(16)8-5-6-13-23-14-11-21-12-15-23/h9-10,21H,2-8,11-15H2,1H3,(H,22,24). The highest BCUT2D eigenvalue weighted by Crippen LogP contribution is 2.24. The van der Waals surface area contributed by atoms with E-state index in [1.165, 1.54) is 43.4 Å². The fourth-order valence-corrected chi connectivity index (χ4v) is 3.78. The molecule has 1 aromatic heterocycles. The maximum atomic E-state index is 11.6. The lowest BCUT2D eigenvalue weighted by Gasteiger charge is -2.27. The lowest BCUT2D eigenvalue weighted by atomic mass is 9.96. The number of fused-ring (bicyclic) bond motifs is 1. The second-order valence-corrected chi connectivity index (χ2v) is 7.10. The third-order valence-corrected chi connectivity index (χ3v) is 5.21. The number of unbranched alkanes of at least 4 members (excludes halogenated alkanes) is 3. The van der Waals surface area contributed by atoms with E-state index < -0.39 is 0 Å². The molecule has 5 nitrogen and oxygen atoms in total. The normalized spacial score (nSPS) is 15.9. The summed E-state index contributed by atoms with van der Waals surface area (Å²) < 4.78 is 5.26. The van der Waals surface area contributed by atoms with Crippen molar-refractivity contribution in [3.63, 3.8) is 0 Å². The number of hydrogen-bond acceptors (Lipinski definition) is 4. The first-order valence-electron chi connectivity index (χ1n) is 9.84. The van der Waals surface area contributed by atoms with Gasteiger partial charge in [-0.05, 0) is 55.8 Å². The number of aryl methyl sites for hydroxylation is 2. The Balaban J connectivity index is 1.64. The van der Waals surface area contributed by atoms with Crippen LogP contribution >= 0.6 is 0 Å². The number of H-pyrrole nitrogens is 1. The van der Waals surface area contributed by atoms with Crippen molar-refractivity contribution in [2.75, 3.05) is 32.7 Å². The molecule has 1 aliphatic heterocycles. The van der Waals surface area contributed by atoms with Crippen LogP contribution in [0.15, 0.2) is 21.3 Å². The summed E-state index contributed by atoms with van der Waals surface area (Å²) in [5.41, 5.74) is 4.28. The molecule has 2 heterocycles. The summed E-state index contributed by atoms with van der Waals surface area (Å²) in [6, 6.07) is 4.10. The SMILES string of the molecule is CCCCCc1ccc2oc(=O)[nH]c2c1CCCCN1CCNCC1. The van der Waals surface area contributed by atoms with Crippen molar-refractivity contribution < 1.29 is 4.42 Å². The zero-order valence-electron chi connectivity index (χ0n) is 15.4. The molecule has 0 saturated carbocycles. The minimum atomic E-state index is -0.345. The summed E-state index contributed by atoms with van der Waals surface area (Å²) in [6.07, 6.45) is 8.14. The van der Waals surface area contributed by atoms with E-state index in [1.807, 2.05) is 6.07 Å². The average molecular weight is 345 g/mol. The third-order valence-electron chi connectivity index (χ3n) is 5.21. The summed E-state index contributed by atoms with van der Waals surface area (Å²) >= 11 is 0. The van der Waals surface area contributed by atoms with Crippen molar-refractivity contribution in [1.29, 1.82) is 0 Å². The first kappa shape index (κ1) is 18.2. The molecule has 1 aliphatic rings. The van der Waals surface area contributed by atoms with Gasteiger partial charge in [-0.2, -0.15) is 0 Å². The largest absolute Gasteiger partial charge is 0.417 e. The summed E-state index contributed by atoms with van der Waals surface area (Å²) in [6.45, 7) is 7.94. The Morgan fingerprint density at radius 3 is 2.68 bits per heavy atom. The Bertz CT molecular complexity index is 713. The van der Waals surface area contributed by atoms with Gasteiger partial charge in [0.2, 0.25) is 0 Å². The molecule has 0 aliphatic carbocycles. The Morgan fingerprint density at radius 1 is 1.08 bits per heavy atom. The average Bonchev–Trinajstić information content (AvgIpc) is 3.01. The molecular weight excluding hydrogens is 314 g/mol. The van der Waals surface area contributed by atoms with Gasteiger partial charge in [-0.1, -0.05) is 25.8 Å². The van der Waals surface area contributed by atoms with Crippen LogP contribution in [0, 0.1) is 0 Å². The molecule has 25 heavy (non-hydrogen) atoms. The van der Waals surface area contributed by atoms with Crippen LogP contribution < -0.4 is 11.1 Å². The predicted molar refractivity (Wildman–Crippen MR) is 102 cm³/mol. The van der Waals surface area contributed by atoms with Gasteiger partial charge in [0.15, 0.2) is 5.58 Å². The molecule has 5 heteroatoms. The number of hydrogen-bond donors (Lipinski definition) is 2. The van der Waals surface area contributed by atoms with Crippen molar-refractivity contribution in [1.82, 2.24) is 15.2 Å². The van der Waals surface area contributed by atoms with Gasteiger partial charge in [0.25, 0.3) is 0 Å². The topological polar surface area (TPSA) is 61.3 Å². The van der Waals surface area contributed by atoms with Crippen molar-refractivity contribution in [3.05, 3.63) is 33.8 Å². The quantitative estimate of drug-likeness (QED) is 0.686. The van der Waals surface area contributed by atoms with Crippen LogP contribution in [0.1, 0.15) is 50.2 Å². The smallest absolute Gasteiger partial charge is 0.408 e. The summed E-state index contributed by atoms with van der Waals surface area (Å²) in [5, 5.41) is 3.40. The van der Waals surface area contributed by atoms with Crippen LogP contribution in [0.5, 0.6) is 0 Å². The highest BCUT2D eigenvalue weighted by Gasteiger charge is 2.13. The van der Waals surface area contributed by atoms with E-state index in [1.54, 1.807) is 0 Å². The number of nitrogens with one attached hydrogen (secondary N) is 2. The first-order valence-corrected chi connectivity index (χ1v) is 9.84. The number of aromatic nitrogens is 1. The number of oxazole rings is 1. The van der Waals surface area contributed by atoms with Crippen LogP contribution in [-0.4, -0.2) is 42.6 Å². The molecule has 2 aromatic rings. The number of aromatic amines is 1. The lowest BCUT2D eigenvalue weighted by Crippen LogP contribution is -2.43. The van der Waals surface area contributed by atoms with Gasteiger partial charge < -0.3 is 14.6 Å². The Kier molecular flexibility index (Phi) is 6.70. The van der Waals surface area contributed by atoms with Crippen LogP contribution in [0.4, 0.5) is 0 Å². The minimum absolute atomic E-state index is 0.345. The molecule has 138 valence electrons. The lowest BCUT2D eigenvalue weighted by molar-refractivity contribution is 0.237. The molecule has 0 atom stereocenters. The van der Waals surface area contributed by atoms with Gasteiger partial charge in [0, 0.05) is 26.2 Å². The van der Waals surface area contributed by atoms with E-state index >= 15 is 0 Å². The number of rotatable bonds is 9. The van der Waals surface area contributed by atoms with Crippen molar-refractivity contribution in [3.8, 4) is 0 Å². The molecule has 0 unspecified atom stereocenters. The number of piperazine rings is 1. The minimum Gasteiger partial charge on any atom is -0.408 e. The van der Waals surface area contributed by atoms with Crippen LogP contribution in [-0.2, 0) is 12.8 Å². The second-order valence-electron chi connectivity index (χ2n) is 7.10. The molecule has 3 rings (SSSR count). The second kappa shape index (κ2) is 9.20. The molecule has 0 spiro atoms. The monoisotopic (exact) mass is 345 g/mol. The first-order chi connectivity index (χ1) is 12.3. The highest BCUT2D eigenvalue weighted by molar-refractivity contribution is 5.77. The molecule has 1 saturated heterocycles. The zero-order chi connectivity index (χ0) is 17.5. The van der Waals surface area contributed by atoms with E-state index in [4.69, 9.17) is 4.42 Å². The van der Waals surface area contributed by atoms with E-state index in [9.17, 15) is 4.79 Å². The highest BCUT2D eigenvalue weighted by atomic mass is 16.4. The maximum absolute atomic E-state index is 11.6. The maximum Gasteiger partial charge on any atom is 0.417 e. The summed E-state index contributed by atoms with van der Waals surface area (Å²) in [4.78, 5) is 17.1. The molecule has 2 N–H and O–H groups in total. The fraction of sp³-hybridized carbons (Fsp3) is 0.650. The van der Waals surface area contributed by atoms with E-state index in [-0.39, 0.29) is 5.76 Å². The Morgan fingerprint density at radius 2 is 1.88 bits per heavy atom. The molecule has 1 fully saturated rings. The van der Waals surface area contributed by atoms with Gasteiger partial charge in [-0.3, -0.25) is 4.98 Å². The van der Waals surface area contributed by atoms with Gasteiger partial charge in [0.05, 0.1) is 5.52 Å². The fourth-order valence-electron chi connectivity index (χ4n) is 3.78. The summed E-state index contributed by atoms with van der Waals surface area (Å²) in [5.74, 6) is -0.345. The molecule has 0 amide bonds.